The fourth-order valence-electron chi connectivity index (χ4n) is 3.67. The molecule has 0 radical (unpaired) electrons. The SMILES string of the molecule is CCOC(=O)C(C)N1CC[C@@H](NC(=O)c2ccc(Cl)s2)C1.Nc1ccc(-n2ccccc2=O)cc1F. The third-order valence-electron chi connectivity index (χ3n) is 5.61. The summed E-state index contributed by atoms with van der Waals surface area (Å²) >= 11 is 7.09. The maximum absolute atomic E-state index is 13.2. The highest BCUT2D eigenvalue weighted by Gasteiger charge is 2.31. The van der Waals surface area contributed by atoms with Crippen LogP contribution in [0.4, 0.5) is 10.1 Å². The van der Waals surface area contributed by atoms with Crippen molar-refractivity contribution >= 4 is 40.5 Å². The highest BCUT2D eigenvalue weighted by atomic mass is 35.5. The Bertz CT molecular complexity index is 1260. The molecule has 1 amide bonds. The number of amides is 1. The first-order valence-corrected chi connectivity index (χ1v) is 12.6. The minimum atomic E-state index is -0.525. The number of carbonyl (C=O) groups is 2. The lowest BCUT2D eigenvalue weighted by atomic mass is 10.2. The summed E-state index contributed by atoms with van der Waals surface area (Å²) < 4.78 is 20.1. The number of esters is 1. The van der Waals surface area contributed by atoms with E-state index in [4.69, 9.17) is 22.1 Å². The van der Waals surface area contributed by atoms with Gasteiger partial charge >= 0.3 is 5.97 Å². The number of pyridine rings is 1. The van der Waals surface area contributed by atoms with Gasteiger partial charge in [0.05, 0.1) is 27.2 Å². The summed E-state index contributed by atoms with van der Waals surface area (Å²) in [4.78, 5) is 37.8. The average molecular weight is 535 g/mol. The molecular formula is C25H28ClFN4O4S. The van der Waals surface area contributed by atoms with Gasteiger partial charge in [0.2, 0.25) is 0 Å². The number of hydrogen-bond acceptors (Lipinski definition) is 7. The van der Waals surface area contributed by atoms with Crippen LogP contribution in [0, 0.1) is 5.82 Å². The van der Waals surface area contributed by atoms with Crippen molar-refractivity contribution in [1.29, 1.82) is 0 Å². The molecule has 2 aromatic heterocycles. The molecule has 1 saturated heterocycles. The van der Waals surface area contributed by atoms with Crippen LogP contribution in [-0.4, -0.2) is 53.1 Å². The zero-order valence-electron chi connectivity index (χ0n) is 19.9. The molecule has 0 aliphatic carbocycles. The highest BCUT2D eigenvalue weighted by molar-refractivity contribution is 7.18. The molecular weight excluding hydrogens is 507 g/mol. The number of nitrogens with one attached hydrogen (secondary N) is 1. The van der Waals surface area contributed by atoms with Crippen LogP contribution in [-0.2, 0) is 9.53 Å². The van der Waals surface area contributed by atoms with Crippen LogP contribution in [0.25, 0.3) is 5.69 Å². The Morgan fingerprint density at radius 3 is 2.69 bits per heavy atom. The number of aromatic nitrogens is 1. The van der Waals surface area contributed by atoms with Crippen LogP contribution in [0.1, 0.15) is 29.9 Å². The molecule has 1 unspecified atom stereocenters. The Balaban J connectivity index is 0.000000212. The van der Waals surface area contributed by atoms with Gasteiger partial charge in [0.15, 0.2) is 0 Å². The van der Waals surface area contributed by atoms with Crippen LogP contribution in [0.2, 0.25) is 4.34 Å². The third-order valence-corrected chi connectivity index (χ3v) is 6.84. The highest BCUT2D eigenvalue weighted by Crippen LogP contribution is 2.22. The Morgan fingerprint density at radius 2 is 2.06 bits per heavy atom. The lowest BCUT2D eigenvalue weighted by Gasteiger charge is -2.22. The van der Waals surface area contributed by atoms with Gasteiger partial charge in [-0.25, -0.2) is 4.39 Å². The summed E-state index contributed by atoms with van der Waals surface area (Å²) in [6, 6.07) is 12.2. The van der Waals surface area contributed by atoms with Crippen molar-refractivity contribution in [2.45, 2.75) is 32.4 Å². The molecule has 0 saturated carbocycles. The van der Waals surface area contributed by atoms with Crippen LogP contribution >= 0.6 is 22.9 Å². The molecule has 3 heterocycles. The van der Waals surface area contributed by atoms with Crippen molar-refractivity contribution in [3.05, 3.63) is 80.1 Å². The number of carbonyl (C=O) groups excluding carboxylic acids is 2. The summed E-state index contributed by atoms with van der Waals surface area (Å²) in [5.41, 5.74) is 5.67. The second kappa shape index (κ2) is 12.7. The smallest absolute Gasteiger partial charge is 0.323 e. The molecule has 2 atom stereocenters. The molecule has 4 rings (SSSR count). The average Bonchev–Trinajstić information content (AvgIpc) is 3.50. The quantitative estimate of drug-likeness (QED) is 0.369. The minimum Gasteiger partial charge on any atom is -0.465 e. The van der Waals surface area contributed by atoms with Gasteiger partial charge in [-0.1, -0.05) is 17.7 Å². The molecule has 0 bridgehead atoms. The molecule has 3 N–H and O–H groups in total. The number of rotatable bonds is 6. The predicted molar refractivity (Wildman–Crippen MR) is 139 cm³/mol. The molecule has 1 aliphatic rings. The number of nitrogens with zero attached hydrogens (tertiary/aromatic N) is 2. The number of anilines is 1. The summed E-state index contributed by atoms with van der Waals surface area (Å²) in [6.45, 7) is 5.45. The van der Waals surface area contributed by atoms with E-state index in [1.807, 2.05) is 11.8 Å². The molecule has 1 aromatic carbocycles. The molecule has 192 valence electrons. The number of halogens is 2. The van der Waals surface area contributed by atoms with Crippen LogP contribution < -0.4 is 16.6 Å². The van der Waals surface area contributed by atoms with Gasteiger partial charge in [0, 0.05) is 37.5 Å². The second-order valence-electron chi connectivity index (χ2n) is 8.10. The molecule has 1 fully saturated rings. The fourth-order valence-corrected chi connectivity index (χ4v) is 4.61. The van der Waals surface area contributed by atoms with Crippen molar-refractivity contribution < 1.29 is 18.7 Å². The summed E-state index contributed by atoms with van der Waals surface area (Å²) in [5, 5.41) is 2.98. The minimum absolute atomic E-state index is 0.0512. The maximum Gasteiger partial charge on any atom is 0.323 e. The van der Waals surface area contributed by atoms with Crippen molar-refractivity contribution in [3.63, 3.8) is 0 Å². The number of hydrogen-bond donors (Lipinski definition) is 2. The van der Waals surface area contributed by atoms with Gasteiger partial charge in [-0.2, -0.15) is 0 Å². The van der Waals surface area contributed by atoms with E-state index in [9.17, 15) is 18.8 Å². The van der Waals surface area contributed by atoms with E-state index in [0.29, 0.717) is 28.1 Å². The first-order valence-electron chi connectivity index (χ1n) is 11.4. The number of likely N-dealkylation sites (tertiary alicyclic amines) is 1. The van der Waals surface area contributed by atoms with Crippen molar-refractivity contribution in [3.8, 4) is 5.69 Å². The number of nitrogens with two attached hydrogens (primary N) is 1. The van der Waals surface area contributed by atoms with Gasteiger partial charge < -0.3 is 15.8 Å². The first-order chi connectivity index (χ1) is 17.2. The summed E-state index contributed by atoms with van der Waals surface area (Å²) in [6.07, 6.45) is 2.40. The second-order valence-corrected chi connectivity index (χ2v) is 9.82. The molecule has 8 nitrogen and oxygen atoms in total. The topological polar surface area (TPSA) is 107 Å². The third kappa shape index (κ3) is 7.16. The monoisotopic (exact) mass is 534 g/mol. The van der Waals surface area contributed by atoms with Gasteiger partial charge in [-0.05, 0) is 50.6 Å². The normalized spacial score (nSPS) is 16.1. The molecule has 3 aromatic rings. The first kappa shape index (κ1) is 27.4. The predicted octanol–water partition coefficient (Wildman–Crippen LogP) is 3.72. The van der Waals surface area contributed by atoms with E-state index in [2.05, 4.69) is 5.32 Å². The summed E-state index contributed by atoms with van der Waals surface area (Å²) in [7, 11) is 0. The molecule has 36 heavy (non-hydrogen) atoms. The van der Waals surface area contributed by atoms with E-state index in [1.54, 1.807) is 43.5 Å². The maximum atomic E-state index is 13.2. The standard InChI is InChI=1S/C14H19ClN2O3S.C11H9FN2O/c1-3-20-14(19)9(2)17-7-6-10(8-17)16-13(18)11-4-5-12(15)21-11;12-9-7-8(4-5-10(9)13)14-6-2-1-3-11(14)15/h4-5,9-10H,3,6-8H2,1-2H3,(H,16,18);1-7H,13H2/t9?,10-;/m1./s1. The van der Waals surface area contributed by atoms with Crippen molar-refractivity contribution in [2.75, 3.05) is 25.4 Å². The Labute approximate surface area is 217 Å². The summed E-state index contributed by atoms with van der Waals surface area (Å²) in [5.74, 6) is -0.847. The van der Waals surface area contributed by atoms with Crippen LogP contribution in [0.5, 0.6) is 0 Å². The molecule has 0 spiro atoms. The van der Waals surface area contributed by atoms with Gasteiger partial charge in [-0.15, -0.1) is 11.3 Å². The number of nitrogen functional groups attached to an aromatic ring is 1. The van der Waals surface area contributed by atoms with E-state index in [0.717, 1.165) is 13.0 Å². The Hall–Kier alpha value is -3.21. The van der Waals surface area contributed by atoms with Crippen LogP contribution in [0.15, 0.2) is 59.5 Å². The number of ether oxygens (including phenoxy) is 1. The largest absolute Gasteiger partial charge is 0.465 e. The van der Waals surface area contributed by atoms with Crippen molar-refractivity contribution in [1.82, 2.24) is 14.8 Å². The van der Waals surface area contributed by atoms with Crippen molar-refractivity contribution in [2.24, 2.45) is 0 Å². The van der Waals surface area contributed by atoms with Gasteiger partial charge in [-0.3, -0.25) is 23.9 Å². The Morgan fingerprint density at radius 1 is 1.28 bits per heavy atom. The van der Waals surface area contributed by atoms with Gasteiger partial charge in [0.1, 0.15) is 11.9 Å². The van der Waals surface area contributed by atoms with Gasteiger partial charge in [0.25, 0.3) is 11.5 Å². The number of thiophene rings is 1. The van der Waals surface area contributed by atoms with E-state index >= 15 is 0 Å². The zero-order chi connectivity index (χ0) is 26.2. The van der Waals surface area contributed by atoms with E-state index < -0.39 is 5.82 Å². The van der Waals surface area contributed by atoms with E-state index in [1.165, 1.54) is 34.1 Å². The fraction of sp³-hybridized carbons (Fsp3) is 0.320. The lowest BCUT2D eigenvalue weighted by Crippen LogP contribution is -2.42. The zero-order valence-corrected chi connectivity index (χ0v) is 21.5. The molecule has 11 heteroatoms. The lowest BCUT2D eigenvalue weighted by molar-refractivity contribution is -0.148. The Kier molecular flexibility index (Phi) is 9.63. The van der Waals surface area contributed by atoms with Crippen LogP contribution in [0.3, 0.4) is 0 Å². The molecule has 1 aliphatic heterocycles. The number of benzene rings is 1. The van der Waals surface area contributed by atoms with E-state index in [-0.39, 0.29) is 35.2 Å².